The van der Waals surface area contributed by atoms with E-state index in [4.69, 9.17) is 5.11 Å². The number of sulfone groups is 1. The molecule has 0 spiro atoms. The van der Waals surface area contributed by atoms with Crippen LogP contribution in [0.4, 0.5) is 0 Å². The normalized spacial score (nSPS) is 11.3. The molecular weight excluding hydrogens is 278 g/mol. The quantitative estimate of drug-likeness (QED) is 0.705. The van der Waals surface area contributed by atoms with Gasteiger partial charge in [-0.2, -0.15) is 0 Å². The number of benzene rings is 1. The Bertz CT molecular complexity index is 523. The highest BCUT2D eigenvalue weighted by molar-refractivity contribution is 7.89. The third-order valence-corrected chi connectivity index (χ3v) is 3.62. The SMILES string of the molecule is CS(=O)(=O)Cc1ccc(C(=O)NCCCCCO)cc1. The van der Waals surface area contributed by atoms with Gasteiger partial charge in [-0.3, -0.25) is 4.79 Å². The molecule has 112 valence electrons. The van der Waals surface area contributed by atoms with Crippen LogP contribution in [0.3, 0.4) is 0 Å². The Morgan fingerprint density at radius 2 is 1.80 bits per heavy atom. The minimum Gasteiger partial charge on any atom is -0.396 e. The Balaban J connectivity index is 2.45. The largest absolute Gasteiger partial charge is 0.396 e. The molecule has 0 bridgehead atoms. The molecule has 6 heteroatoms. The molecule has 5 nitrogen and oxygen atoms in total. The Morgan fingerprint density at radius 3 is 2.35 bits per heavy atom. The molecule has 0 atom stereocenters. The second-order valence-electron chi connectivity index (χ2n) is 4.81. The molecule has 1 aromatic rings. The van der Waals surface area contributed by atoms with Gasteiger partial charge in [-0.15, -0.1) is 0 Å². The smallest absolute Gasteiger partial charge is 0.251 e. The molecule has 2 N–H and O–H groups in total. The average Bonchev–Trinajstić information content (AvgIpc) is 2.37. The van der Waals surface area contributed by atoms with Crippen molar-refractivity contribution in [1.29, 1.82) is 0 Å². The maximum Gasteiger partial charge on any atom is 0.251 e. The molecule has 1 rings (SSSR count). The second-order valence-corrected chi connectivity index (χ2v) is 6.95. The van der Waals surface area contributed by atoms with Gasteiger partial charge in [0.2, 0.25) is 0 Å². The van der Waals surface area contributed by atoms with E-state index in [1.807, 2.05) is 0 Å². The predicted molar refractivity (Wildman–Crippen MR) is 78.3 cm³/mol. The summed E-state index contributed by atoms with van der Waals surface area (Å²) in [4.78, 5) is 11.8. The molecule has 1 amide bonds. The number of aliphatic hydroxyl groups is 1. The van der Waals surface area contributed by atoms with Crippen LogP contribution >= 0.6 is 0 Å². The van der Waals surface area contributed by atoms with Crippen molar-refractivity contribution in [1.82, 2.24) is 5.32 Å². The van der Waals surface area contributed by atoms with Gasteiger partial charge < -0.3 is 10.4 Å². The molecule has 0 aliphatic heterocycles. The van der Waals surface area contributed by atoms with Crippen LogP contribution in [0.1, 0.15) is 35.2 Å². The molecule has 1 aromatic carbocycles. The lowest BCUT2D eigenvalue weighted by atomic mass is 10.1. The van der Waals surface area contributed by atoms with Crippen LogP contribution in [-0.2, 0) is 15.6 Å². The lowest BCUT2D eigenvalue weighted by molar-refractivity contribution is 0.0953. The monoisotopic (exact) mass is 299 g/mol. The molecule has 0 aromatic heterocycles. The fourth-order valence-electron chi connectivity index (χ4n) is 1.77. The maximum absolute atomic E-state index is 11.8. The molecule has 0 heterocycles. The topological polar surface area (TPSA) is 83.5 Å². The van der Waals surface area contributed by atoms with Crippen LogP contribution in [0.25, 0.3) is 0 Å². The minimum atomic E-state index is -3.05. The van der Waals surface area contributed by atoms with E-state index in [0.29, 0.717) is 17.7 Å². The van der Waals surface area contributed by atoms with E-state index in [9.17, 15) is 13.2 Å². The molecule has 0 fully saturated rings. The number of hydrogen-bond acceptors (Lipinski definition) is 4. The number of hydrogen-bond donors (Lipinski definition) is 2. The first kappa shape index (κ1) is 16.7. The first-order valence-corrected chi connectivity index (χ1v) is 8.64. The molecule has 0 aliphatic rings. The highest BCUT2D eigenvalue weighted by atomic mass is 32.2. The van der Waals surface area contributed by atoms with Gasteiger partial charge in [0.1, 0.15) is 0 Å². The van der Waals surface area contributed by atoms with Crippen molar-refractivity contribution >= 4 is 15.7 Å². The van der Waals surface area contributed by atoms with E-state index in [-0.39, 0.29) is 18.3 Å². The molecule has 0 saturated carbocycles. The summed E-state index contributed by atoms with van der Waals surface area (Å²) in [5, 5.41) is 11.4. The highest BCUT2D eigenvalue weighted by Gasteiger charge is 2.07. The van der Waals surface area contributed by atoms with Gasteiger partial charge in [-0.05, 0) is 37.0 Å². The van der Waals surface area contributed by atoms with Gasteiger partial charge in [0.05, 0.1) is 5.75 Å². The lowest BCUT2D eigenvalue weighted by Crippen LogP contribution is -2.24. The van der Waals surface area contributed by atoms with E-state index in [2.05, 4.69) is 5.32 Å². The molecule has 0 aliphatic carbocycles. The minimum absolute atomic E-state index is 0.0178. The van der Waals surface area contributed by atoms with Gasteiger partial charge >= 0.3 is 0 Å². The van der Waals surface area contributed by atoms with Crippen LogP contribution in [-0.4, -0.2) is 38.8 Å². The number of rotatable bonds is 8. The zero-order chi connectivity index (χ0) is 15.0. The number of unbranched alkanes of at least 4 members (excludes halogenated alkanes) is 2. The fourth-order valence-corrected chi connectivity index (χ4v) is 2.57. The Labute approximate surface area is 119 Å². The van der Waals surface area contributed by atoms with E-state index in [1.165, 1.54) is 6.26 Å². The van der Waals surface area contributed by atoms with Crippen molar-refractivity contribution in [3.8, 4) is 0 Å². The zero-order valence-electron chi connectivity index (χ0n) is 11.6. The van der Waals surface area contributed by atoms with Crippen LogP contribution < -0.4 is 5.32 Å². The first-order chi connectivity index (χ1) is 9.42. The van der Waals surface area contributed by atoms with Crippen molar-refractivity contribution in [2.45, 2.75) is 25.0 Å². The summed E-state index contributed by atoms with van der Waals surface area (Å²) in [6, 6.07) is 6.57. The van der Waals surface area contributed by atoms with Crippen LogP contribution in [0, 0.1) is 0 Å². The Morgan fingerprint density at radius 1 is 1.15 bits per heavy atom. The van der Waals surface area contributed by atoms with Crippen molar-refractivity contribution in [3.63, 3.8) is 0 Å². The second kappa shape index (κ2) is 8.01. The van der Waals surface area contributed by atoms with E-state index >= 15 is 0 Å². The number of carbonyl (C=O) groups is 1. The molecular formula is C14H21NO4S. The van der Waals surface area contributed by atoms with E-state index < -0.39 is 9.84 Å². The average molecular weight is 299 g/mol. The standard InChI is InChI=1S/C14H21NO4S/c1-20(18,19)11-12-5-7-13(8-6-12)14(17)15-9-3-2-4-10-16/h5-8,16H,2-4,9-11H2,1H3,(H,15,17). The van der Waals surface area contributed by atoms with Crippen molar-refractivity contribution in [2.75, 3.05) is 19.4 Å². The van der Waals surface area contributed by atoms with Gasteiger partial charge in [0.15, 0.2) is 9.84 Å². The van der Waals surface area contributed by atoms with Crippen molar-refractivity contribution in [2.24, 2.45) is 0 Å². The summed E-state index contributed by atoms with van der Waals surface area (Å²) in [5.74, 6) is -0.185. The van der Waals surface area contributed by atoms with Gasteiger partial charge in [-0.25, -0.2) is 8.42 Å². The van der Waals surface area contributed by atoms with Crippen molar-refractivity contribution in [3.05, 3.63) is 35.4 Å². The summed E-state index contributed by atoms with van der Waals surface area (Å²) in [7, 11) is -3.05. The summed E-state index contributed by atoms with van der Waals surface area (Å²) >= 11 is 0. The summed E-state index contributed by atoms with van der Waals surface area (Å²) in [5.41, 5.74) is 1.19. The van der Waals surface area contributed by atoms with Gasteiger partial charge in [0.25, 0.3) is 5.91 Å². The zero-order valence-corrected chi connectivity index (χ0v) is 12.4. The van der Waals surface area contributed by atoms with Gasteiger partial charge in [0, 0.05) is 25.0 Å². The lowest BCUT2D eigenvalue weighted by Gasteiger charge is -2.06. The summed E-state index contributed by atoms with van der Waals surface area (Å²) < 4.78 is 22.3. The third kappa shape index (κ3) is 6.68. The van der Waals surface area contributed by atoms with Crippen LogP contribution in [0.5, 0.6) is 0 Å². The fraction of sp³-hybridized carbons (Fsp3) is 0.500. The summed E-state index contributed by atoms with van der Waals surface area (Å²) in [6.07, 6.45) is 3.64. The maximum atomic E-state index is 11.8. The van der Waals surface area contributed by atoms with E-state index in [1.54, 1.807) is 24.3 Å². The number of amides is 1. The molecule has 0 unspecified atom stereocenters. The third-order valence-electron chi connectivity index (χ3n) is 2.77. The Hall–Kier alpha value is -1.40. The molecule has 0 saturated heterocycles. The van der Waals surface area contributed by atoms with E-state index in [0.717, 1.165) is 19.3 Å². The van der Waals surface area contributed by atoms with Crippen molar-refractivity contribution < 1.29 is 18.3 Å². The summed E-state index contributed by atoms with van der Waals surface area (Å²) in [6.45, 7) is 0.750. The van der Waals surface area contributed by atoms with Gasteiger partial charge in [-0.1, -0.05) is 12.1 Å². The number of aliphatic hydroxyl groups excluding tert-OH is 1. The number of carbonyl (C=O) groups excluding carboxylic acids is 1. The molecule has 0 radical (unpaired) electrons. The van der Waals surface area contributed by atoms with Crippen LogP contribution in [0.2, 0.25) is 0 Å². The Kier molecular flexibility index (Phi) is 6.67. The first-order valence-electron chi connectivity index (χ1n) is 6.58. The van der Waals surface area contributed by atoms with Crippen LogP contribution in [0.15, 0.2) is 24.3 Å². The molecule has 20 heavy (non-hydrogen) atoms. The number of nitrogens with one attached hydrogen (secondary N) is 1. The highest BCUT2D eigenvalue weighted by Crippen LogP contribution is 2.08. The predicted octanol–water partition coefficient (Wildman–Crippen LogP) is 1.12.